The molecular formula is C43H34Cl2Zr-2. The second-order valence-electron chi connectivity index (χ2n) is 11.2. The van der Waals surface area contributed by atoms with Crippen LogP contribution in [0.1, 0.15) is 22.3 Å². The standard InChI is InChI=1S/C15H13.C15H11.C13H10.2ClH.Zr/c1-10-3-5-14-12(7-10)9-13-8-11(2)4-6-15(13)14;1-2-5-12(6-3-1)15-10-9-13-7-4-8-14(13)11-15;1-3-7-12(8-4-1)11-13-9-5-2-6-10-13;;;/h3-9H,1-2H3;1-11H;1-10H;2*1H;/q2*-1;;;;+2/p-2. The van der Waals surface area contributed by atoms with Crippen LogP contribution in [0.3, 0.4) is 0 Å². The predicted octanol–water partition coefficient (Wildman–Crippen LogP) is 5.36. The van der Waals surface area contributed by atoms with E-state index in [4.69, 9.17) is 0 Å². The molecule has 0 saturated carbocycles. The van der Waals surface area contributed by atoms with Crippen LogP contribution in [0.15, 0.2) is 170 Å². The Labute approximate surface area is 299 Å². The van der Waals surface area contributed by atoms with Gasteiger partial charge >= 0.3 is 99.2 Å². The Morgan fingerprint density at radius 1 is 0.478 bits per heavy atom. The first kappa shape index (κ1) is 35.0. The van der Waals surface area contributed by atoms with E-state index in [1.165, 1.54) is 93.1 Å². The Morgan fingerprint density at radius 3 is 1.50 bits per heavy atom. The molecule has 0 amide bonds. The Bertz CT molecular complexity index is 2040. The van der Waals surface area contributed by atoms with E-state index in [-0.39, 0.29) is 24.8 Å². The first-order valence-corrected chi connectivity index (χ1v) is 16.2. The maximum Gasteiger partial charge on any atom is -0.0200 e. The van der Waals surface area contributed by atoms with Gasteiger partial charge in [-0.25, -0.2) is 0 Å². The summed E-state index contributed by atoms with van der Waals surface area (Å²) in [6.45, 7) is 4.28. The smallest absolute Gasteiger partial charge is 0.0200 e. The fourth-order valence-corrected chi connectivity index (χ4v) is 6.39. The molecule has 0 aliphatic carbocycles. The van der Waals surface area contributed by atoms with Gasteiger partial charge in [0.2, 0.25) is 0 Å². The third kappa shape index (κ3) is 8.48. The van der Waals surface area contributed by atoms with Crippen molar-refractivity contribution in [1.29, 1.82) is 0 Å². The summed E-state index contributed by atoms with van der Waals surface area (Å²) in [5.41, 5.74) is 7.88. The van der Waals surface area contributed by atoms with Crippen molar-refractivity contribution in [3.05, 3.63) is 192 Å². The predicted molar refractivity (Wildman–Crippen MR) is 188 cm³/mol. The van der Waals surface area contributed by atoms with E-state index in [0.717, 1.165) is 0 Å². The summed E-state index contributed by atoms with van der Waals surface area (Å²) < 4.78 is 1.42. The summed E-state index contributed by atoms with van der Waals surface area (Å²) in [5.74, 6) is 0. The molecule has 0 saturated heterocycles. The molecule has 0 atom stereocenters. The van der Waals surface area contributed by atoms with E-state index in [1.54, 1.807) is 0 Å². The van der Waals surface area contributed by atoms with Crippen LogP contribution in [0.4, 0.5) is 0 Å². The quantitative estimate of drug-likeness (QED) is 0.217. The number of hydrogen-bond donors (Lipinski definition) is 0. The molecule has 0 bridgehead atoms. The molecule has 46 heavy (non-hydrogen) atoms. The molecule has 0 heterocycles. The first-order chi connectivity index (χ1) is 21.5. The second kappa shape index (κ2) is 16.6. The number of halogens is 2. The first-order valence-electron chi connectivity index (χ1n) is 15.0. The zero-order valence-electron chi connectivity index (χ0n) is 25.9. The topological polar surface area (TPSA) is 0 Å². The van der Waals surface area contributed by atoms with Gasteiger partial charge in [0.05, 0.1) is 0 Å². The van der Waals surface area contributed by atoms with Crippen molar-refractivity contribution in [3.63, 3.8) is 0 Å². The van der Waals surface area contributed by atoms with Crippen LogP contribution >= 0.6 is 0 Å². The largest absolute Gasteiger partial charge is 0.168 e. The van der Waals surface area contributed by atoms with E-state index in [1.807, 2.05) is 6.07 Å². The number of fused-ring (bicyclic) bond motifs is 4. The maximum atomic E-state index is 2.28. The van der Waals surface area contributed by atoms with E-state index >= 15 is 0 Å². The second-order valence-corrected chi connectivity index (χ2v) is 12.4. The number of benzene rings is 6. The van der Waals surface area contributed by atoms with Crippen molar-refractivity contribution < 1.29 is 49.0 Å². The van der Waals surface area contributed by atoms with Crippen LogP contribution in [0.2, 0.25) is 0 Å². The van der Waals surface area contributed by atoms with Crippen molar-refractivity contribution in [2.24, 2.45) is 0 Å². The van der Waals surface area contributed by atoms with Gasteiger partial charge in [0.1, 0.15) is 0 Å². The van der Waals surface area contributed by atoms with Gasteiger partial charge in [0, 0.05) is 0 Å². The third-order valence-corrected chi connectivity index (χ3v) is 9.30. The van der Waals surface area contributed by atoms with Crippen molar-refractivity contribution >= 4 is 35.5 Å². The summed E-state index contributed by atoms with van der Waals surface area (Å²) in [5, 5.41) is 8.09. The van der Waals surface area contributed by atoms with E-state index in [2.05, 4.69) is 178 Å². The van der Waals surface area contributed by atoms with Gasteiger partial charge in [-0.1, -0.05) is 77.9 Å². The molecule has 0 unspecified atom stereocenters. The Balaban J connectivity index is 0.000000153. The minimum Gasteiger partial charge on any atom is -0.168 e. The van der Waals surface area contributed by atoms with Crippen LogP contribution in [-0.4, -0.2) is 3.21 Å². The van der Waals surface area contributed by atoms with Crippen molar-refractivity contribution in [2.45, 2.75) is 13.8 Å². The fraction of sp³-hybridized carbons (Fsp3) is 0.0465. The minimum absolute atomic E-state index is 0. The molecule has 0 aliphatic heterocycles. The number of aryl methyl sites for hydroxylation is 2. The van der Waals surface area contributed by atoms with Gasteiger partial charge in [-0.3, -0.25) is 0 Å². The van der Waals surface area contributed by atoms with Gasteiger partial charge in [-0.2, -0.15) is 17.5 Å². The molecule has 8 rings (SSSR count). The van der Waals surface area contributed by atoms with Crippen LogP contribution in [-0.2, 0) is 24.2 Å². The van der Waals surface area contributed by atoms with E-state index in [9.17, 15) is 0 Å². The van der Waals surface area contributed by atoms with Gasteiger partial charge in [-0.05, 0) is 25.0 Å². The summed E-state index contributed by atoms with van der Waals surface area (Å²) >= 11 is 1.46. The van der Waals surface area contributed by atoms with Gasteiger partial charge in [0.25, 0.3) is 0 Å². The molecule has 8 aromatic carbocycles. The normalized spacial score (nSPS) is 10.2. The molecule has 0 aromatic heterocycles. The van der Waals surface area contributed by atoms with Crippen LogP contribution in [0, 0.1) is 13.8 Å². The number of rotatable bonds is 3. The zero-order chi connectivity index (χ0) is 30.3. The summed E-state index contributed by atoms with van der Waals surface area (Å²) in [4.78, 5) is 0. The van der Waals surface area contributed by atoms with E-state index in [0.29, 0.717) is 0 Å². The van der Waals surface area contributed by atoms with Crippen molar-refractivity contribution in [1.82, 2.24) is 0 Å². The van der Waals surface area contributed by atoms with Gasteiger partial charge < -0.3 is 24.8 Å². The Morgan fingerprint density at radius 2 is 0.978 bits per heavy atom. The van der Waals surface area contributed by atoms with Gasteiger partial charge in [-0.15, -0.1) is 57.3 Å². The molecule has 0 fully saturated rings. The zero-order valence-corrected chi connectivity index (χ0v) is 29.9. The molecule has 0 spiro atoms. The third-order valence-electron chi connectivity index (χ3n) is 7.89. The molecule has 0 nitrogen and oxygen atoms in total. The summed E-state index contributed by atoms with van der Waals surface area (Å²) in [6.07, 6.45) is 0. The molecule has 0 N–H and O–H groups in total. The van der Waals surface area contributed by atoms with Crippen molar-refractivity contribution in [3.8, 4) is 11.1 Å². The summed E-state index contributed by atoms with van der Waals surface area (Å²) in [7, 11) is 0. The molecular weight excluding hydrogens is 679 g/mol. The average Bonchev–Trinajstić information content (AvgIpc) is 3.69. The molecule has 226 valence electrons. The van der Waals surface area contributed by atoms with Crippen LogP contribution < -0.4 is 24.8 Å². The average molecular weight is 713 g/mol. The van der Waals surface area contributed by atoms with E-state index < -0.39 is 0 Å². The molecule has 0 aliphatic rings. The fourth-order valence-electron chi connectivity index (χ4n) is 5.57. The molecule has 8 aromatic rings. The molecule has 3 heteroatoms. The Hall–Kier alpha value is -3.87. The summed E-state index contributed by atoms with van der Waals surface area (Å²) in [6, 6.07) is 60.2. The van der Waals surface area contributed by atoms with Crippen LogP contribution in [0.25, 0.3) is 43.4 Å². The molecule has 0 radical (unpaired) electrons. The monoisotopic (exact) mass is 710 g/mol. The number of hydrogen-bond acceptors (Lipinski definition) is 0. The minimum atomic E-state index is 0. The van der Waals surface area contributed by atoms with Crippen LogP contribution in [0.5, 0.6) is 0 Å². The SMILES string of the molecule is Cc1ccc2c(c1)[cH-]c1cc(C)ccc12.[Cl-].[Cl-].[Zr+2]=[C](c1ccccc1)c1ccccc1.c1ccc(-c2ccc3[cH-]ccc3c2)cc1. The van der Waals surface area contributed by atoms with Crippen molar-refractivity contribution in [2.75, 3.05) is 0 Å². The maximum absolute atomic E-state index is 2.28. The Kier molecular flexibility index (Phi) is 12.6. The van der Waals surface area contributed by atoms with Gasteiger partial charge in [0.15, 0.2) is 0 Å².